The fourth-order valence-electron chi connectivity index (χ4n) is 3.04. The average molecular weight is 343 g/mol. The van der Waals surface area contributed by atoms with Crippen molar-refractivity contribution < 1.29 is 18.6 Å². The van der Waals surface area contributed by atoms with Crippen molar-refractivity contribution >= 4 is 5.88 Å². The molecule has 1 aliphatic rings. The Hall–Kier alpha value is -2.72. The number of aromatic nitrogens is 1. The fraction of sp³-hybridized carbons (Fsp3) is 0.444. The van der Waals surface area contributed by atoms with E-state index in [0.29, 0.717) is 36.4 Å². The predicted molar refractivity (Wildman–Crippen MR) is 92.0 cm³/mol. The minimum atomic E-state index is 0.0601. The van der Waals surface area contributed by atoms with Gasteiger partial charge in [0, 0.05) is 18.7 Å². The number of oxazole rings is 1. The summed E-state index contributed by atoms with van der Waals surface area (Å²) in [6.45, 7) is 5.31. The minimum absolute atomic E-state index is 0.0601. The second kappa shape index (κ2) is 7.03. The van der Waals surface area contributed by atoms with E-state index in [9.17, 15) is 5.26 Å². The van der Waals surface area contributed by atoms with E-state index in [4.69, 9.17) is 18.6 Å². The third-order valence-corrected chi connectivity index (χ3v) is 4.05. The van der Waals surface area contributed by atoms with Crippen molar-refractivity contribution in [1.29, 1.82) is 5.26 Å². The molecule has 1 aromatic carbocycles. The maximum absolute atomic E-state index is 9.45. The van der Waals surface area contributed by atoms with Crippen molar-refractivity contribution in [3.63, 3.8) is 0 Å². The standard InChI is InChI=1S/C18H21N3O4/c1-11-9-21(10-12(2)24-11)18-14(8-19)20-17(25-18)13-5-6-15(22-3)16(7-13)23-4/h5-7,11-12H,9-10H2,1-4H3/t11-,12+. The highest BCUT2D eigenvalue weighted by Crippen LogP contribution is 2.35. The second-order valence-corrected chi connectivity index (χ2v) is 6.02. The van der Waals surface area contributed by atoms with E-state index in [1.807, 2.05) is 24.8 Å². The zero-order valence-electron chi connectivity index (χ0n) is 14.8. The van der Waals surface area contributed by atoms with Crippen molar-refractivity contribution in [3.8, 4) is 29.0 Å². The topological polar surface area (TPSA) is 80.8 Å². The second-order valence-electron chi connectivity index (χ2n) is 6.02. The summed E-state index contributed by atoms with van der Waals surface area (Å²) in [4.78, 5) is 6.36. The van der Waals surface area contributed by atoms with E-state index < -0.39 is 0 Å². The molecular weight excluding hydrogens is 322 g/mol. The summed E-state index contributed by atoms with van der Waals surface area (Å²) < 4.78 is 22.2. The van der Waals surface area contributed by atoms with Gasteiger partial charge in [-0.05, 0) is 32.0 Å². The maximum atomic E-state index is 9.45. The first-order valence-corrected chi connectivity index (χ1v) is 8.09. The van der Waals surface area contributed by atoms with Crippen molar-refractivity contribution in [1.82, 2.24) is 4.98 Å². The minimum Gasteiger partial charge on any atom is -0.493 e. The van der Waals surface area contributed by atoms with Gasteiger partial charge in [0.1, 0.15) is 6.07 Å². The number of morpholine rings is 1. The van der Waals surface area contributed by atoms with Crippen LogP contribution in [0.1, 0.15) is 19.5 Å². The molecule has 3 rings (SSSR count). The van der Waals surface area contributed by atoms with Crippen LogP contribution in [0.3, 0.4) is 0 Å². The highest BCUT2D eigenvalue weighted by atomic mass is 16.5. The molecule has 25 heavy (non-hydrogen) atoms. The van der Waals surface area contributed by atoms with Gasteiger partial charge in [-0.2, -0.15) is 10.2 Å². The Morgan fingerprint density at radius 1 is 1.16 bits per heavy atom. The molecular formula is C18H21N3O4. The molecule has 2 heterocycles. The van der Waals surface area contributed by atoms with Gasteiger partial charge in [-0.15, -0.1) is 0 Å². The molecule has 0 unspecified atom stereocenters. The molecule has 132 valence electrons. The van der Waals surface area contributed by atoms with Gasteiger partial charge >= 0.3 is 0 Å². The quantitative estimate of drug-likeness (QED) is 0.844. The molecule has 0 amide bonds. The predicted octanol–water partition coefficient (Wildman–Crippen LogP) is 2.84. The fourth-order valence-corrected chi connectivity index (χ4v) is 3.04. The van der Waals surface area contributed by atoms with E-state index in [-0.39, 0.29) is 17.9 Å². The zero-order chi connectivity index (χ0) is 18.0. The molecule has 0 spiro atoms. The first-order chi connectivity index (χ1) is 12.0. The summed E-state index contributed by atoms with van der Waals surface area (Å²) in [6, 6.07) is 7.50. The Morgan fingerprint density at radius 3 is 2.44 bits per heavy atom. The first kappa shape index (κ1) is 17.1. The molecule has 1 aromatic heterocycles. The SMILES string of the molecule is COc1ccc(-c2nc(C#N)c(N3C[C@@H](C)O[C@@H](C)C3)o2)cc1OC. The number of hydrogen-bond acceptors (Lipinski definition) is 7. The highest BCUT2D eigenvalue weighted by molar-refractivity contribution is 5.63. The Morgan fingerprint density at radius 2 is 1.84 bits per heavy atom. The summed E-state index contributed by atoms with van der Waals surface area (Å²) in [6.07, 6.45) is 0.120. The number of rotatable bonds is 4. The molecule has 0 saturated carbocycles. The van der Waals surface area contributed by atoms with Gasteiger partial charge in [0.25, 0.3) is 0 Å². The number of nitriles is 1. The van der Waals surface area contributed by atoms with Gasteiger partial charge in [-0.3, -0.25) is 0 Å². The number of ether oxygens (including phenoxy) is 3. The Bertz CT molecular complexity index is 786. The van der Waals surface area contributed by atoms with E-state index in [1.54, 1.807) is 26.4 Å². The Balaban J connectivity index is 1.97. The van der Waals surface area contributed by atoms with Crippen LogP contribution in [-0.2, 0) is 4.74 Å². The third kappa shape index (κ3) is 3.39. The normalized spacial score (nSPS) is 20.2. The largest absolute Gasteiger partial charge is 0.493 e. The van der Waals surface area contributed by atoms with Gasteiger partial charge in [0.15, 0.2) is 11.5 Å². The van der Waals surface area contributed by atoms with Crippen molar-refractivity contribution in [2.45, 2.75) is 26.1 Å². The number of benzene rings is 1. The van der Waals surface area contributed by atoms with E-state index in [2.05, 4.69) is 11.1 Å². The van der Waals surface area contributed by atoms with E-state index in [0.717, 1.165) is 5.56 Å². The molecule has 0 N–H and O–H groups in total. The monoisotopic (exact) mass is 343 g/mol. The molecule has 7 heteroatoms. The molecule has 0 radical (unpaired) electrons. The van der Waals surface area contributed by atoms with Crippen LogP contribution in [0.5, 0.6) is 11.5 Å². The number of nitrogens with zero attached hydrogens (tertiary/aromatic N) is 3. The van der Waals surface area contributed by atoms with Gasteiger partial charge in [0.05, 0.1) is 26.4 Å². The number of methoxy groups -OCH3 is 2. The van der Waals surface area contributed by atoms with Crippen LogP contribution in [0, 0.1) is 11.3 Å². The zero-order valence-corrected chi connectivity index (χ0v) is 14.8. The highest BCUT2D eigenvalue weighted by Gasteiger charge is 2.28. The molecule has 2 atom stereocenters. The van der Waals surface area contributed by atoms with Crippen molar-refractivity contribution in [3.05, 3.63) is 23.9 Å². The number of anilines is 1. The van der Waals surface area contributed by atoms with Crippen LogP contribution < -0.4 is 14.4 Å². The lowest BCUT2D eigenvalue weighted by Gasteiger charge is -2.34. The van der Waals surface area contributed by atoms with Crippen LogP contribution in [-0.4, -0.2) is 44.5 Å². The van der Waals surface area contributed by atoms with Gasteiger partial charge in [-0.1, -0.05) is 0 Å². The van der Waals surface area contributed by atoms with Crippen molar-refractivity contribution in [2.24, 2.45) is 0 Å². The maximum Gasteiger partial charge on any atom is 0.235 e. The number of hydrogen-bond donors (Lipinski definition) is 0. The van der Waals surface area contributed by atoms with Crippen LogP contribution in [0.25, 0.3) is 11.5 Å². The molecule has 1 aliphatic heterocycles. The lowest BCUT2D eigenvalue weighted by atomic mass is 10.2. The molecule has 7 nitrogen and oxygen atoms in total. The van der Waals surface area contributed by atoms with E-state index in [1.165, 1.54) is 0 Å². The molecule has 1 saturated heterocycles. The lowest BCUT2D eigenvalue weighted by Crippen LogP contribution is -2.45. The molecule has 0 bridgehead atoms. The Labute approximate surface area is 146 Å². The van der Waals surface area contributed by atoms with Gasteiger partial charge < -0.3 is 23.5 Å². The van der Waals surface area contributed by atoms with Crippen LogP contribution in [0.4, 0.5) is 5.88 Å². The van der Waals surface area contributed by atoms with Crippen LogP contribution >= 0.6 is 0 Å². The van der Waals surface area contributed by atoms with Crippen LogP contribution in [0.2, 0.25) is 0 Å². The summed E-state index contributed by atoms with van der Waals surface area (Å²) >= 11 is 0. The molecule has 2 aromatic rings. The van der Waals surface area contributed by atoms with Gasteiger partial charge in [0.2, 0.25) is 17.5 Å². The summed E-state index contributed by atoms with van der Waals surface area (Å²) in [5.41, 5.74) is 0.987. The Kier molecular flexibility index (Phi) is 4.81. The van der Waals surface area contributed by atoms with Crippen LogP contribution in [0.15, 0.2) is 22.6 Å². The smallest absolute Gasteiger partial charge is 0.235 e. The molecule has 1 fully saturated rings. The van der Waals surface area contributed by atoms with E-state index >= 15 is 0 Å². The van der Waals surface area contributed by atoms with Gasteiger partial charge in [-0.25, -0.2) is 0 Å². The summed E-state index contributed by atoms with van der Waals surface area (Å²) in [5, 5.41) is 9.45. The average Bonchev–Trinajstić information content (AvgIpc) is 3.04. The molecule has 0 aliphatic carbocycles. The lowest BCUT2D eigenvalue weighted by molar-refractivity contribution is -0.00638. The summed E-state index contributed by atoms with van der Waals surface area (Å²) in [5.74, 6) is 2.05. The first-order valence-electron chi connectivity index (χ1n) is 8.09. The van der Waals surface area contributed by atoms with Crippen molar-refractivity contribution in [2.75, 3.05) is 32.2 Å². The third-order valence-electron chi connectivity index (χ3n) is 4.05. The summed E-state index contributed by atoms with van der Waals surface area (Å²) in [7, 11) is 3.15.